The highest BCUT2D eigenvalue weighted by Gasteiger charge is 2.26. The molecule has 1 aliphatic heterocycles. The summed E-state index contributed by atoms with van der Waals surface area (Å²) >= 11 is 0. The fourth-order valence-corrected chi connectivity index (χ4v) is 4.94. The average Bonchev–Trinajstić information content (AvgIpc) is 2.96. The van der Waals surface area contributed by atoms with Gasteiger partial charge in [0.05, 0.1) is 0 Å². The number of likely N-dealkylation sites (N-methyl/N-ethyl adjacent to an activating group) is 1. The van der Waals surface area contributed by atoms with Crippen LogP contribution in [0.3, 0.4) is 0 Å². The number of halogens is 1. The lowest BCUT2D eigenvalue weighted by atomic mass is 9.95. The first-order valence-corrected chi connectivity index (χ1v) is 10.1. The van der Waals surface area contributed by atoms with E-state index in [9.17, 15) is 4.21 Å². The lowest BCUT2D eigenvalue weighted by molar-refractivity contribution is 0.309. The van der Waals surface area contributed by atoms with E-state index in [2.05, 4.69) is 27.6 Å². The van der Waals surface area contributed by atoms with Gasteiger partial charge in [-0.25, -0.2) is 0 Å². The van der Waals surface area contributed by atoms with Crippen molar-refractivity contribution in [1.29, 1.82) is 0 Å². The fraction of sp³-hybridized carbons (Fsp3) is 0.938. The zero-order valence-corrected chi connectivity index (χ0v) is 17.9. The smallest absolute Gasteiger partial charge is 0.191 e. The minimum Gasteiger partial charge on any atom is -0.355 e. The van der Waals surface area contributed by atoms with Crippen molar-refractivity contribution in [2.24, 2.45) is 4.99 Å². The minimum atomic E-state index is -0.668. The Morgan fingerprint density at radius 2 is 2.09 bits per heavy atom. The predicted molar refractivity (Wildman–Crippen MR) is 110 cm³/mol. The SMILES string of the molecule is CCS(=O)C1CCCC(NC(=NC)NCC2CCCN2C)C1.I. The molecule has 2 rings (SSSR count). The molecular formula is C16H33IN4OS. The van der Waals surface area contributed by atoms with Gasteiger partial charge in [-0.3, -0.25) is 9.20 Å². The van der Waals surface area contributed by atoms with Crippen molar-refractivity contribution in [3.63, 3.8) is 0 Å². The van der Waals surface area contributed by atoms with Crippen LogP contribution in [0.4, 0.5) is 0 Å². The van der Waals surface area contributed by atoms with Crippen LogP contribution in [0.1, 0.15) is 45.4 Å². The Hall–Kier alpha value is 0.110. The molecule has 0 bridgehead atoms. The van der Waals surface area contributed by atoms with Crippen LogP contribution in [0.15, 0.2) is 4.99 Å². The molecule has 4 atom stereocenters. The Labute approximate surface area is 160 Å². The highest BCUT2D eigenvalue weighted by atomic mass is 127. The molecule has 0 radical (unpaired) electrons. The van der Waals surface area contributed by atoms with E-state index < -0.39 is 10.8 Å². The van der Waals surface area contributed by atoms with Gasteiger partial charge in [0, 0.05) is 47.5 Å². The normalized spacial score (nSPS) is 30.6. The monoisotopic (exact) mass is 456 g/mol. The van der Waals surface area contributed by atoms with Gasteiger partial charge in [0.25, 0.3) is 0 Å². The molecule has 136 valence electrons. The van der Waals surface area contributed by atoms with Crippen LogP contribution in [-0.4, -0.2) is 65.3 Å². The van der Waals surface area contributed by atoms with Gasteiger partial charge in [-0.05, 0) is 45.7 Å². The molecule has 0 aromatic carbocycles. The maximum atomic E-state index is 12.0. The third kappa shape index (κ3) is 6.49. The first kappa shape index (κ1) is 21.2. The third-order valence-electron chi connectivity index (χ3n) is 5.02. The van der Waals surface area contributed by atoms with Crippen LogP contribution < -0.4 is 10.6 Å². The Kier molecular flexibility index (Phi) is 10.00. The zero-order chi connectivity index (χ0) is 15.9. The van der Waals surface area contributed by atoms with Crippen LogP contribution in [0.25, 0.3) is 0 Å². The van der Waals surface area contributed by atoms with Crippen molar-refractivity contribution in [3.8, 4) is 0 Å². The van der Waals surface area contributed by atoms with Gasteiger partial charge in [-0.2, -0.15) is 0 Å². The highest BCUT2D eigenvalue weighted by Crippen LogP contribution is 2.23. The van der Waals surface area contributed by atoms with E-state index in [1.807, 2.05) is 14.0 Å². The molecule has 1 aliphatic carbocycles. The molecule has 0 amide bonds. The van der Waals surface area contributed by atoms with Gasteiger partial charge in [-0.15, -0.1) is 24.0 Å². The van der Waals surface area contributed by atoms with E-state index in [1.165, 1.54) is 19.4 Å². The lowest BCUT2D eigenvalue weighted by Gasteiger charge is -2.30. The quantitative estimate of drug-likeness (QED) is 0.377. The molecule has 2 fully saturated rings. The summed E-state index contributed by atoms with van der Waals surface area (Å²) in [5.41, 5.74) is 0. The number of nitrogens with one attached hydrogen (secondary N) is 2. The second-order valence-electron chi connectivity index (χ2n) is 6.53. The van der Waals surface area contributed by atoms with E-state index >= 15 is 0 Å². The number of nitrogens with zero attached hydrogens (tertiary/aromatic N) is 2. The van der Waals surface area contributed by atoms with Gasteiger partial charge in [0.1, 0.15) is 0 Å². The van der Waals surface area contributed by atoms with Crippen LogP contribution in [0.5, 0.6) is 0 Å². The lowest BCUT2D eigenvalue weighted by Crippen LogP contribution is -2.49. The minimum absolute atomic E-state index is 0. The predicted octanol–water partition coefficient (Wildman–Crippen LogP) is 1.94. The summed E-state index contributed by atoms with van der Waals surface area (Å²) in [5.74, 6) is 1.67. The third-order valence-corrected chi connectivity index (χ3v) is 6.76. The number of hydrogen-bond donors (Lipinski definition) is 2. The number of aliphatic imine (C=N–C) groups is 1. The molecule has 7 heteroatoms. The van der Waals surface area contributed by atoms with Crippen LogP contribution in [0, 0.1) is 0 Å². The molecule has 2 N–H and O–H groups in total. The van der Waals surface area contributed by atoms with Crippen LogP contribution in [0.2, 0.25) is 0 Å². The average molecular weight is 456 g/mol. The van der Waals surface area contributed by atoms with E-state index in [0.29, 0.717) is 17.3 Å². The van der Waals surface area contributed by atoms with Crippen molar-refractivity contribution < 1.29 is 4.21 Å². The Morgan fingerprint density at radius 3 is 2.70 bits per heavy atom. The molecule has 23 heavy (non-hydrogen) atoms. The molecule has 0 aromatic rings. The molecule has 1 saturated carbocycles. The molecule has 1 saturated heterocycles. The van der Waals surface area contributed by atoms with Gasteiger partial charge in [-0.1, -0.05) is 13.3 Å². The largest absolute Gasteiger partial charge is 0.355 e. The molecule has 0 spiro atoms. The summed E-state index contributed by atoms with van der Waals surface area (Å²) in [7, 11) is 3.36. The van der Waals surface area contributed by atoms with E-state index in [-0.39, 0.29) is 24.0 Å². The zero-order valence-electron chi connectivity index (χ0n) is 14.7. The summed E-state index contributed by atoms with van der Waals surface area (Å²) in [6.45, 7) is 4.17. The van der Waals surface area contributed by atoms with Crippen molar-refractivity contribution in [3.05, 3.63) is 0 Å². The summed E-state index contributed by atoms with van der Waals surface area (Å²) in [4.78, 5) is 6.78. The second-order valence-corrected chi connectivity index (χ2v) is 8.53. The van der Waals surface area contributed by atoms with Gasteiger partial charge < -0.3 is 15.5 Å². The molecule has 0 aromatic heterocycles. The maximum absolute atomic E-state index is 12.0. The fourth-order valence-electron chi connectivity index (χ4n) is 3.59. The second kappa shape index (κ2) is 10.9. The van der Waals surface area contributed by atoms with Gasteiger partial charge in [0.2, 0.25) is 0 Å². The highest BCUT2D eigenvalue weighted by molar-refractivity contribution is 14.0. The number of rotatable bonds is 5. The van der Waals surface area contributed by atoms with Gasteiger partial charge in [0.15, 0.2) is 5.96 Å². The molecule has 2 aliphatic rings. The molecule has 4 unspecified atom stereocenters. The standard InChI is InChI=1S/C16H32N4OS.HI/c1-4-22(21)15-9-5-7-13(11-15)19-16(17-2)18-12-14-8-6-10-20(14)3;/h13-15H,4-12H2,1-3H3,(H2,17,18,19);1H. The summed E-state index contributed by atoms with van der Waals surface area (Å²) in [5, 5.41) is 7.36. The number of likely N-dealkylation sites (tertiary alicyclic amines) is 1. The molecule has 5 nitrogen and oxygen atoms in total. The Bertz CT molecular complexity index is 408. The topological polar surface area (TPSA) is 56.7 Å². The first-order chi connectivity index (χ1) is 10.6. The van der Waals surface area contributed by atoms with Crippen molar-refractivity contribution in [2.75, 3.05) is 32.9 Å². The van der Waals surface area contributed by atoms with Crippen molar-refractivity contribution in [1.82, 2.24) is 15.5 Å². The van der Waals surface area contributed by atoms with Crippen molar-refractivity contribution in [2.45, 2.75) is 62.8 Å². The van der Waals surface area contributed by atoms with E-state index in [1.54, 1.807) is 0 Å². The summed E-state index contributed by atoms with van der Waals surface area (Å²) in [6, 6.07) is 1.02. The van der Waals surface area contributed by atoms with Crippen molar-refractivity contribution >= 4 is 40.7 Å². The first-order valence-electron chi connectivity index (χ1n) is 8.68. The van der Waals surface area contributed by atoms with Crippen LogP contribution >= 0.6 is 24.0 Å². The molecular weight excluding hydrogens is 423 g/mol. The maximum Gasteiger partial charge on any atom is 0.191 e. The van der Waals surface area contributed by atoms with E-state index in [4.69, 9.17) is 0 Å². The van der Waals surface area contributed by atoms with Crippen LogP contribution in [-0.2, 0) is 10.8 Å². The molecule has 1 heterocycles. The Balaban J connectivity index is 0.00000264. The van der Waals surface area contributed by atoms with Gasteiger partial charge >= 0.3 is 0 Å². The number of guanidine groups is 1. The summed E-state index contributed by atoms with van der Waals surface area (Å²) in [6.07, 6.45) is 6.99. The summed E-state index contributed by atoms with van der Waals surface area (Å²) < 4.78 is 12.0. The van der Waals surface area contributed by atoms with E-state index in [0.717, 1.165) is 43.9 Å². The Morgan fingerprint density at radius 1 is 1.30 bits per heavy atom. The number of hydrogen-bond acceptors (Lipinski definition) is 3.